The second kappa shape index (κ2) is 4.90. The van der Waals surface area contributed by atoms with E-state index >= 15 is 0 Å². The molecule has 2 aromatic rings. The Morgan fingerprint density at radius 2 is 1.19 bits per heavy atom. The zero-order valence-electron chi connectivity index (χ0n) is 8.88. The topological polar surface area (TPSA) is 26.0 Å². The fraction of sp³-hybridized carbons (Fsp3) is 0.143. The van der Waals surface area contributed by atoms with E-state index in [-0.39, 0.29) is 0 Å². The number of alkyl halides is 1. The molecular formula is C14H14FN. The van der Waals surface area contributed by atoms with Crippen molar-refractivity contribution in [2.45, 2.75) is 12.2 Å². The highest BCUT2D eigenvalue weighted by Gasteiger charge is 2.19. The summed E-state index contributed by atoms with van der Waals surface area (Å²) in [5.41, 5.74) is 7.34. The lowest BCUT2D eigenvalue weighted by Gasteiger charge is -2.17. The molecule has 0 aromatic heterocycles. The average Bonchev–Trinajstić information content (AvgIpc) is 2.39. The Morgan fingerprint density at radius 1 is 0.750 bits per heavy atom. The van der Waals surface area contributed by atoms with Gasteiger partial charge in [-0.2, -0.15) is 0 Å². The van der Waals surface area contributed by atoms with Gasteiger partial charge < -0.3 is 5.73 Å². The molecule has 0 spiro atoms. The molecule has 1 nitrogen and oxygen atoms in total. The van der Waals surface area contributed by atoms with Crippen molar-refractivity contribution in [2.75, 3.05) is 0 Å². The summed E-state index contributed by atoms with van der Waals surface area (Å²) in [6.45, 7) is 0. The van der Waals surface area contributed by atoms with Gasteiger partial charge in [-0.15, -0.1) is 0 Å². The Kier molecular flexibility index (Phi) is 3.32. The van der Waals surface area contributed by atoms with Crippen molar-refractivity contribution < 1.29 is 4.39 Å². The maximum absolute atomic E-state index is 14.1. The van der Waals surface area contributed by atoms with Crippen LogP contribution < -0.4 is 5.73 Å². The number of hydrogen-bond donors (Lipinski definition) is 1. The van der Waals surface area contributed by atoms with Gasteiger partial charge in [0.15, 0.2) is 0 Å². The molecule has 2 aromatic carbocycles. The summed E-state index contributed by atoms with van der Waals surface area (Å²) in [6.07, 6.45) is -1.16. The van der Waals surface area contributed by atoms with Gasteiger partial charge >= 0.3 is 0 Å². The van der Waals surface area contributed by atoms with Crippen molar-refractivity contribution >= 4 is 0 Å². The Labute approximate surface area is 94.7 Å². The molecule has 0 heterocycles. The third kappa shape index (κ3) is 2.28. The van der Waals surface area contributed by atoms with E-state index in [0.717, 1.165) is 5.56 Å². The SMILES string of the molecule is N[C@H](c1ccccc1)[C@H](F)c1ccccc1. The number of halogens is 1. The predicted octanol–water partition coefficient (Wildman–Crippen LogP) is 3.40. The molecule has 0 bridgehead atoms. The highest BCUT2D eigenvalue weighted by molar-refractivity contribution is 5.25. The summed E-state index contributed by atoms with van der Waals surface area (Å²) < 4.78 is 14.1. The number of benzene rings is 2. The van der Waals surface area contributed by atoms with E-state index in [1.807, 2.05) is 48.5 Å². The zero-order valence-corrected chi connectivity index (χ0v) is 8.88. The lowest BCUT2D eigenvalue weighted by Crippen LogP contribution is -2.16. The third-order valence-corrected chi connectivity index (χ3v) is 2.62. The van der Waals surface area contributed by atoms with E-state index in [4.69, 9.17) is 5.73 Å². The van der Waals surface area contributed by atoms with Crippen molar-refractivity contribution in [2.24, 2.45) is 5.73 Å². The van der Waals surface area contributed by atoms with Crippen molar-refractivity contribution in [3.05, 3.63) is 71.8 Å². The van der Waals surface area contributed by atoms with Gasteiger partial charge in [0.25, 0.3) is 0 Å². The summed E-state index contributed by atoms with van der Waals surface area (Å²) in [5, 5.41) is 0. The first kappa shape index (κ1) is 10.8. The van der Waals surface area contributed by atoms with E-state index in [1.54, 1.807) is 12.1 Å². The van der Waals surface area contributed by atoms with Gasteiger partial charge in [-0.25, -0.2) is 4.39 Å². The number of nitrogens with two attached hydrogens (primary N) is 1. The van der Waals surface area contributed by atoms with Gasteiger partial charge in [0.05, 0.1) is 6.04 Å². The summed E-state index contributed by atoms with van der Waals surface area (Å²) in [6, 6.07) is 17.7. The molecule has 0 amide bonds. The smallest absolute Gasteiger partial charge is 0.144 e. The first-order valence-corrected chi connectivity index (χ1v) is 5.28. The molecule has 2 N–H and O–H groups in total. The van der Waals surface area contributed by atoms with Crippen LogP contribution in [0.2, 0.25) is 0 Å². The van der Waals surface area contributed by atoms with E-state index in [1.165, 1.54) is 0 Å². The van der Waals surface area contributed by atoms with Crippen LogP contribution in [0.15, 0.2) is 60.7 Å². The summed E-state index contributed by atoms with van der Waals surface area (Å²) in [5.74, 6) is 0. The van der Waals surface area contributed by atoms with Gasteiger partial charge in [0, 0.05) is 0 Å². The molecule has 0 unspecified atom stereocenters. The first-order valence-electron chi connectivity index (χ1n) is 5.28. The molecule has 16 heavy (non-hydrogen) atoms. The Hall–Kier alpha value is -1.67. The lowest BCUT2D eigenvalue weighted by molar-refractivity contribution is 0.291. The minimum absolute atomic E-state index is 0.608. The van der Waals surface area contributed by atoms with Crippen molar-refractivity contribution in [3.63, 3.8) is 0 Å². The molecule has 0 aliphatic carbocycles. The van der Waals surface area contributed by atoms with Crippen LogP contribution in [-0.2, 0) is 0 Å². The molecule has 0 radical (unpaired) electrons. The van der Waals surface area contributed by atoms with E-state index in [9.17, 15) is 4.39 Å². The number of rotatable bonds is 3. The Balaban J connectivity index is 2.20. The predicted molar refractivity (Wildman–Crippen MR) is 63.7 cm³/mol. The summed E-state index contributed by atoms with van der Waals surface area (Å²) in [4.78, 5) is 0. The van der Waals surface area contributed by atoms with Crippen LogP contribution >= 0.6 is 0 Å². The number of hydrogen-bond acceptors (Lipinski definition) is 1. The van der Waals surface area contributed by atoms with Crippen molar-refractivity contribution in [3.8, 4) is 0 Å². The van der Waals surface area contributed by atoms with E-state index in [2.05, 4.69) is 0 Å². The molecular weight excluding hydrogens is 201 g/mol. The fourth-order valence-corrected chi connectivity index (χ4v) is 1.69. The van der Waals surface area contributed by atoms with Gasteiger partial charge in [-0.05, 0) is 11.1 Å². The van der Waals surface area contributed by atoms with Gasteiger partial charge in [0.1, 0.15) is 6.17 Å². The summed E-state index contributed by atoms with van der Waals surface area (Å²) >= 11 is 0. The van der Waals surface area contributed by atoms with Gasteiger partial charge in [0.2, 0.25) is 0 Å². The third-order valence-electron chi connectivity index (χ3n) is 2.62. The van der Waals surface area contributed by atoms with Crippen LogP contribution in [0.3, 0.4) is 0 Å². The minimum Gasteiger partial charge on any atom is -0.321 e. The Morgan fingerprint density at radius 3 is 1.69 bits per heavy atom. The monoisotopic (exact) mass is 215 g/mol. The molecule has 0 saturated heterocycles. The Bertz CT molecular complexity index is 384. The second-order valence-electron chi connectivity index (χ2n) is 3.75. The van der Waals surface area contributed by atoms with Gasteiger partial charge in [-0.1, -0.05) is 60.7 Å². The zero-order chi connectivity index (χ0) is 11.4. The van der Waals surface area contributed by atoms with Crippen LogP contribution in [0.1, 0.15) is 23.3 Å². The quantitative estimate of drug-likeness (QED) is 0.834. The largest absolute Gasteiger partial charge is 0.321 e. The van der Waals surface area contributed by atoms with Crippen LogP contribution in [0.25, 0.3) is 0 Å². The lowest BCUT2D eigenvalue weighted by atomic mass is 9.98. The second-order valence-corrected chi connectivity index (χ2v) is 3.75. The van der Waals surface area contributed by atoms with E-state index in [0.29, 0.717) is 5.56 Å². The van der Waals surface area contributed by atoms with Crippen LogP contribution in [0.5, 0.6) is 0 Å². The average molecular weight is 215 g/mol. The highest BCUT2D eigenvalue weighted by atomic mass is 19.1. The highest BCUT2D eigenvalue weighted by Crippen LogP contribution is 2.29. The molecule has 2 heteroatoms. The van der Waals surface area contributed by atoms with E-state index < -0.39 is 12.2 Å². The molecule has 0 aliphatic heterocycles. The van der Waals surface area contributed by atoms with Crippen molar-refractivity contribution in [1.82, 2.24) is 0 Å². The fourth-order valence-electron chi connectivity index (χ4n) is 1.69. The molecule has 0 aliphatic rings. The van der Waals surface area contributed by atoms with Crippen LogP contribution in [0.4, 0.5) is 4.39 Å². The van der Waals surface area contributed by atoms with Gasteiger partial charge in [-0.3, -0.25) is 0 Å². The molecule has 82 valence electrons. The maximum Gasteiger partial charge on any atom is 0.144 e. The molecule has 2 atom stereocenters. The standard InChI is InChI=1S/C14H14FN/c15-13(11-7-3-1-4-8-11)14(16)12-9-5-2-6-10-12/h1-10,13-14H,16H2/t13-,14-/m1/s1. The maximum atomic E-state index is 14.1. The van der Waals surface area contributed by atoms with Crippen LogP contribution in [0, 0.1) is 0 Å². The molecule has 0 fully saturated rings. The normalized spacial score (nSPS) is 14.4. The van der Waals surface area contributed by atoms with Crippen molar-refractivity contribution in [1.29, 1.82) is 0 Å². The molecule has 2 rings (SSSR count). The minimum atomic E-state index is -1.16. The van der Waals surface area contributed by atoms with Crippen LogP contribution in [-0.4, -0.2) is 0 Å². The first-order chi connectivity index (χ1) is 7.79. The molecule has 0 saturated carbocycles. The summed E-state index contributed by atoms with van der Waals surface area (Å²) in [7, 11) is 0.